The first-order valence-electron chi connectivity index (χ1n) is 11.2. The van der Waals surface area contributed by atoms with E-state index in [0.29, 0.717) is 27.8 Å². The molecule has 1 heterocycles. The van der Waals surface area contributed by atoms with E-state index in [9.17, 15) is 9.59 Å². The largest absolute Gasteiger partial charge is 0.495 e. The Morgan fingerprint density at radius 3 is 2.67 bits per heavy atom. The van der Waals surface area contributed by atoms with Crippen molar-refractivity contribution in [3.8, 4) is 11.5 Å². The number of amides is 2. The molecule has 5 rings (SSSR count). The topological polar surface area (TPSA) is 67.9 Å². The zero-order chi connectivity index (χ0) is 22.9. The van der Waals surface area contributed by atoms with E-state index >= 15 is 0 Å². The summed E-state index contributed by atoms with van der Waals surface area (Å²) in [6.45, 7) is -0.178. The lowest BCUT2D eigenvalue weighted by atomic mass is 9.95. The van der Waals surface area contributed by atoms with Gasteiger partial charge in [0.1, 0.15) is 17.5 Å². The van der Waals surface area contributed by atoms with E-state index in [1.165, 1.54) is 12.0 Å². The molecule has 0 radical (unpaired) electrons. The fourth-order valence-electron chi connectivity index (χ4n) is 4.86. The van der Waals surface area contributed by atoms with Gasteiger partial charge in [-0.3, -0.25) is 14.5 Å². The van der Waals surface area contributed by atoms with Gasteiger partial charge in [0.25, 0.3) is 5.91 Å². The third-order valence-electron chi connectivity index (χ3n) is 6.45. The van der Waals surface area contributed by atoms with Crippen LogP contribution in [0.1, 0.15) is 37.3 Å². The molecule has 0 bridgehead atoms. The van der Waals surface area contributed by atoms with Crippen LogP contribution in [0, 0.1) is 0 Å². The Balaban J connectivity index is 1.69. The fourth-order valence-corrected chi connectivity index (χ4v) is 5.11. The van der Waals surface area contributed by atoms with Crippen LogP contribution in [0.25, 0.3) is 10.8 Å². The van der Waals surface area contributed by atoms with E-state index in [1.54, 1.807) is 18.2 Å². The molecule has 170 valence electrons. The molecule has 1 atom stereocenters. The summed E-state index contributed by atoms with van der Waals surface area (Å²) in [5, 5.41) is 5.40. The second-order valence-electron chi connectivity index (χ2n) is 8.46. The average Bonchev–Trinajstić information content (AvgIpc) is 3.28. The highest BCUT2D eigenvalue weighted by Crippen LogP contribution is 2.42. The van der Waals surface area contributed by atoms with Gasteiger partial charge in [-0.2, -0.15) is 0 Å². The lowest BCUT2D eigenvalue weighted by molar-refractivity contribution is -0.127. The first-order chi connectivity index (χ1) is 16.1. The van der Waals surface area contributed by atoms with Gasteiger partial charge in [0.15, 0.2) is 6.61 Å². The smallest absolute Gasteiger partial charge is 0.265 e. The minimum Gasteiger partial charge on any atom is -0.495 e. The molecule has 1 fully saturated rings. The van der Waals surface area contributed by atoms with Crippen molar-refractivity contribution in [2.24, 2.45) is 0 Å². The first-order valence-corrected chi connectivity index (χ1v) is 11.5. The Kier molecular flexibility index (Phi) is 5.85. The second-order valence-corrected chi connectivity index (χ2v) is 8.87. The van der Waals surface area contributed by atoms with E-state index in [0.717, 1.165) is 36.5 Å². The number of methoxy groups -OCH3 is 1. The Bertz CT molecular complexity index is 1220. The summed E-state index contributed by atoms with van der Waals surface area (Å²) in [5.74, 6) is 0.501. The normalized spacial score (nSPS) is 18.5. The second kappa shape index (κ2) is 8.94. The summed E-state index contributed by atoms with van der Waals surface area (Å²) >= 11 is 6.40. The zero-order valence-corrected chi connectivity index (χ0v) is 19.1. The maximum Gasteiger partial charge on any atom is 0.265 e. The molecular formula is C26H25ClN2O4. The van der Waals surface area contributed by atoms with Crippen molar-refractivity contribution in [2.75, 3.05) is 18.6 Å². The number of hydrogen-bond donors (Lipinski definition) is 1. The Labute approximate surface area is 197 Å². The summed E-state index contributed by atoms with van der Waals surface area (Å²) in [5.41, 5.74) is 1.20. The number of carbonyl (C=O) groups excluding carboxylic acids is 2. The van der Waals surface area contributed by atoms with Crippen LogP contribution in [-0.4, -0.2) is 31.6 Å². The van der Waals surface area contributed by atoms with Crippen LogP contribution >= 0.6 is 11.6 Å². The molecule has 2 amide bonds. The molecule has 1 aliphatic heterocycles. The van der Waals surface area contributed by atoms with Crippen molar-refractivity contribution < 1.29 is 19.1 Å². The molecule has 0 aromatic heterocycles. The van der Waals surface area contributed by atoms with Gasteiger partial charge >= 0.3 is 0 Å². The summed E-state index contributed by atoms with van der Waals surface area (Å²) in [4.78, 5) is 28.7. The van der Waals surface area contributed by atoms with Gasteiger partial charge < -0.3 is 14.8 Å². The Hall–Kier alpha value is -3.25. The van der Waals surface area contributed by atoms with Gasteiger partial charge in [-0.25, -0.2) is 0 Å². The molecule has 2 aliphatic rings. The van der Waals surface area contributed by atoms with Gasteiger partial charge in [-0.15, -0.1) is 0 Å². The number of anilines is 1. The molecule has 1 unspecified atom stereocenters. The van der Waals surface area contributed by atoms with E-state index in [2.05, 4.69) is 5.32 Å². The van der Waals surface area contributed by atoms with Crippen LogP contribution in [-0.2, 0) is 9.59 Å². The van der Waals surface area contributed by atoms with E-state index in [-0.39, 0.29) is 24.5 Å². The van der Waals surface area contributed by atoms with E-state index in [4.69, 9.17) is 21.1 Å². The molecule has 0 spiro atoms. The van der Waals surface area contributed by atoms with E-state index in [1.807, 2.05) is 36.4 Å². The number of fused-ring (bicyclic) bond motifs is 3. The lowest BCUT2D eigenvalue weighted by Crippen LogP contribution is -2.46. The van der Waals surface area contributed by atoms with Gasteiger partial charge in [0, 0.05) is 17.3 Å². The van der Waals surface area contributed by atoms with Gasteiger partial charge in [-0.1, -0.05) is 54.8 Å². The average molecular weight is 465 g/mol. The number of halogens is 1. The van der Waals surface area contributed by atoms with Crippen molar-refractivity contribution >= 4 is 39.9 Å². The maximum absolute atomic E-state index is 13.8. The Morgan fingerprint density at radius 2 is 1.91 bits per heavy atom. The van der Waals surface area contributed by atoms with Crippen molar-refractivity contribution in [3.63, 3.8) is 0 Å². The number of ether oxygens (including phenoxy) is 2. The number of benzene rings is 3. The highest BCUT2D eigenvalue weighted by atomic mass is 35.5. The minimum atomic E-state index is -0.897. The molecule has 1 saturated carbocycles. The van der Waals surface area contributed by atoms with Crippen molar-refractivity contribution in [1.82, 2.24) is 5.32 Å². The third-order valence-corrected chi connectivity index (χ3v) is 6.74. The number of hydrogen-bond acceptors (Lipinski definition) is 4. The number of carbonyl (C=O) groups is 2. The molecule has 33 heavy (non-hydrogen) atoms. The predicted molar refractivity (Wildman–Crippen MR) is 128 cm³/mol. The predicted octanol–water partition coefficient (Wildman–Crippen LogP) is 5.03. The molecule has 3 aromatic carbocycles. The van der Waals surface area contributed by atoms with Crippen molar-refractivity contribution in [3.05, 3.63) is 65.2 Å². The summed E-state index contributed by atoms with van der Waals surface area (Å²) in [7, 11) is 1.53. The number of nitrogens with zero attached hydrogens (tertiary/aromatic N) is 1. The van der Waals surface area contributed by atoms with Gasteiger partial charge in [0.2, 0.25) is 5.91 Å². The van der Waals surface area contributed by atoms with Crippen LogP contribution in [0.3, 0.4) is 0 Å². The van der Waals surface area contributed by atoms with Crippen molar-refractivity contribution in [1.29, 1.82) is 0 Å². The SMILES string of the molecule is COc1ccc(N2C(=O)COc3ccc4ccccc4c3C2C(=O)NC2CCCC2)cc1Cl. The summed E-state index contributed by atoms with van der Waals surface area (Å²) < 4.78 is 11.2. The molecule has 3 aromatic rings. The summed E-state index contributed by atoms with van der Waals surface area (Å²) in [6.07, 6.45) is 4.07. The van der Waals surface area contributed by atoms with Crippen LogP contribution in [0.15, 0.2) is 54.6 Å². The molecule has 7 heteroatoms. The fraction of sp³-hybridized carbons (Fsp3) is 0.308. The molecule has 1 N–H and O–H groups in total. The minimum absolute atomic E-state index is 0.108. The standard InChI is InChI=1S/C26H25ClN2O4/c1-32-21-13-11-18(14-20(21)27)29-23(30)15-33-22-12-10-16-6-2-5-9-19(16)24(22)25(29)26(31)28-17-7-3-4-8-17/h2,5-6,9-14,17,25H,3-4,7-8,15H2,1H3,(H,28,31). The van der Waals surface area contributed by atoms with Crippen molar-refractivity contribution in [2.45, 2.75) is 37.8 Å². The Morgan fingerprint density at radius 1 is 1.12 bits per heavy atom. The van der Waals surface area contributed by atoms with Gasteiger partial charge in [-0.05, 0) is 47.9 Å². The van der Waals surface area contributed by atoms with Gasteiger partial charge in [0.05, 0.1) is 12.1 Å². The van der Waals surface area contributed by atoms with Crippen LogP contribution in [0.2, 0.25) is 5.02 Å². The molecule has 6 nitrogen and oxygen atoms in total. The summed E-state index contributed by atoms with van der Waals surface area (Å²) in [6, 6.07) is 15.9. The van der Waals surface area contributed by atoms with Crippen LogP contribution in [0.4, 0.5) is 5.69 Å². The highest BCUT2D eigenvalue weighted by Gasteiger charge is 2.39. The zero-order valence-electron chi connectivity index (χ0n) is 18.3. The monoisotopic (exact) mass is 464 g/mol. The van der Waals surface area contributed by atoms with Crippen LogP contribution in [0.5, 0.6) is 11.5 Å². The maximum atomic E-state index is 13.8. The highest BCUT2D eigenvalue weighted by molar-refractivity contribution is 6.32. The van der Waals surface area contributed by atoms with E-state index < -0.39 is 6.04 Å². The number of nitrogens with one attached hydrogen (secondary N) is 1. The van der Waals surface area contributed by atoms with Crippen LogP contribution < -0.4 is 19.7 Å². The quantitative estimate of drug-likeness (QED) is 0.588. The molecule has 0 saturated heterocycles. The first kappa shape index (κ1) is 21.6. The lowest BCUT2D eigenvalue weighted by Gasteiger charge is -2.31. The molecular weight excluding hydrogens is 440 g/mol. The third kappa shape index (κ3) is 4.00. The molecule has 1 aliphatic carbocycles. The number of rotatable bonds is 4.